The van der Waals surface area contributed by atoms with E-state index in [1.165, 1.54) is 5.56 Å². The Kier molecular flexibility index (Phi) is 7.54. The van der Waals surface area contributed by atoms with Crippen molar-refractivity contribution in [3.05, 3.63) is 82.5 Å². The molecule has 4 saturated heterocycles. The van der Waals surface area contributed by atoms with Crippen molar-refractivity contribution in [2.24, 2.45) is 10.8 Å². The van der Waals surface area contributed by atoms with Gasteiger partial charge in [-0.05, 0) is 36.2 Å². The Morgan fingerprint density at radius 1 is 0.783 bits per heavy atom. The molecule has 2 aromatic carbocycles. The molecule has 0 radical (unpaired) electrons. The third-order valence-electron chi connectivity index (χ3n) is 10.1. The van der Waals surface area contributed by atoms with Crippen LogP contribution in [-0.2, 0) is 22.6 Å². The van der Waals surface area contributed by atoms with E-state index in [2.05, 4.69) is 47.1 Å². The van der Waals surface area contributed by atoms with Crippen molar-refractivity contribution >= 4 is 11.6 Å². The number of likely N-dealkylation sites (tertiary alicyclic amines) is 2. The van der Waals surface area contributed by atoms with Gasteiger partial charge in [0.1, 0.15) is 5.75 Å². The third kappa shape index (κ3) is 5.17. The van der Waals surface area contributed by atoms with Crippen LogP contribution in [0.2, 0.25) is 5.02 Å². The van der Waals surface area contributed by atoms with Gasteiger partial charge in [-0.3, -0.25) is 14.8 Å². The van der Waals surface area contributed by atoms with Crippen molar-refractivity contribution in [1.29, 1.82) is 0 Å². The molecular weight excluding hydrogens is 600 g/mol. The molecule has 0 atom stereocenters. The molecule has 4 aromatic rings. The quantitative estimate of drug-likeness (QED) is 0.217. The summed E-state index contributed by atoms with van der Waals surface area (Å²) < 4.78 is 22.5. The maximum absolute atomic E-state index is 7.17. The van der Waals surface area contributed by atoms with Crippen molar-refractivity contribution < 1.29 is 18.9 Å². The first-order chi connectivity index (χ1) is 22.4. The Bertz CT molecular complexity index is 1660. The van der Waals surface area contributed by atoms with E-state index >= 15 is 0 Å². The van der Waals surface area contributed by atoms with Crippen LogP contribution in [0.4, 0.5) is 0 Å². The van der Waals surface area contributed by atoms with E-state index in [1.807, 2.05) is 30.5 Å². The highest BCUT2D eigenvalue weighted by Gasteiger charge is 2.49. The lowest BCUT2D eigenvalue weighted by molar-refractivity contribution is -0.191. The van der Waals surface area contributed by atoms with Crippen LogP contribution in [-0.4, -0.2) is 86.6 Å². The van der Waals surface area contributed by atoms with Gasteiger partial charge in [0, 0.05) is 84.1 Å². The number of pyridine rings is 2. The van der Waals surface area contributed by atoms with Crippen LogP contribution < -0.4 is 9.47 Å². The first-order valence-corrected chi connectivity index (χ1v) is 16.3. The molecule has 6 heterocycles. The molecule has 2 aromatic heterocycles. The van der Waals surface area contributed by atoms with Crippen molar-refractivity contribution in [2.45, 2.75) is 20.0 Å². The van der Waals surface area contributed by atoms with Crippen LogP contribution in [0.15, 0.2) is 60.8 Å². The standard InChI is InChI=1S/C37H39ClN4O4/c1-24-28(11-12-39-34(24)25-7-8-26(32(13-25)43-2)14-41-16-36(17-41)20-45-21-36)29-5-4-6-30(33(29)38)31-10-9-27(35(40-31)44-3)15-42-18-37(19-42)22-46-23-37/h4-13H,14-23H2,1-3H3. The van der Waals surface area contributed by atoms with E-state index in [9.17, 15) is 0 Å². The van der Waals surface area contributed by atoms with Crippen LogP contribution in [0, 0.1) is 17.8 Å². The largest absolute Gasteiger partial charge is 0.496 e. The molecule has 2 spiro atoms. The van der Waals surface area contributed by atoms with Crippen LogP contribution >= 0.6 is 11.6 Å². The second-order valence-electron chi connectivity index (χ2n) is 13.7. The topological polar surface area (TPSA) is 69.2 Å². The van der Waals surface area contributed by atoms with Gasteiger partial charge in [-0.15, -0.1) is 0 Å². The van der Waals surface area contributed by atoms with Gasteiger partial charge in [0.15, 0.2) is 0 Å². The summed E-state index contributed by atoms with van der Waals surface area (Å²) in [5, 5.41) is 0.650. The van der Waals surface area contributed by atoms with Crippen molar-refractivity contribution in [1.82, 2.24) is 19.8 Å². The minimum absolute atomic E-state index is 0.374. The Balaban J connectivity index is 1.04. The van der Waals surface area contributed by atoms with Crippen LogP contribution in [0.3, 0.4) is 0 Å². The highest BCUT2D eigenvalue weighted by atomic mass is 35.5. The van der Waals surface area contributed by atoms with E-state index < -0.39 is 0 Å². The monoisotopic (exact) mass is 638 g/mol. The molecule has 238 valence electrons. The second-order valence-corrected chi connectivity index (χ2v) is 14.0. The minimum Gasteiger partial charge on any atom is -0.496 e. The average Bonchev–Trinajstić information content (AvgIpc) is 2.99. The van der Waals surface area contributed by atoms with Crippen LogP contribution in [0.5, 0.6) is 11.6 Å². The van der Waals surface area contributed by atoms with Crippen LogP contribution in [0.25, 0.3) is 33.6 Å². The van der Waals surface area contributed by atoms with Crippen molar-refractivity contribution in [3.63, 3.8) is 0 Å². The first kappa shape index (κ1) is 29.8. The number of hydrogen-bond acceptors (Lipinski definition) is 8. The van der Waals surface area contributed by atoms with Crippen molar-refractivity contribution in [2.75, 3.05) is 66.8 Å². The predicted molar refractivity (Wildman–Crippen MR) is 178 cm³/mol. The molecular formula is C37H39ClN4O4. The number of methoxy groups -OCH3 is 2. The number of ether oxygens (including phenoxy) is 4. The summed E-state index contributed by atoms with van der Waals surface area (Å²) in [6.45, 7) is 11.6. The molecule has 4 aliphatic heterocycles. The number of halogens is 1. The summed E-state index contributed by atoms with van der Waals surface area (Å²) in [5.41, 5.74) is 9.61. The molecule has 0 aliphatic carbocycles. The number of aromatic nitrogens is 2. The fourth-order valence-electron chi connectivity index (χ4n) is 7.65. The highest BCUT2D eigenvalue weighted by Crippen LogP contribution is 2.43. The summed E-state index contributed by atoms with van der Waals surface area (Å²) in [7, 11) is 3.42. The van der Waals surface area contributed by atoms with Crippen LogP contribution in [0.1, 0.15) is 16.7 Å². The maximum atomic E-state index is 7.17. The molecule has 0 amide bonds. The van der Waals surface area contributed by atoms with Gasteiger partial charge in [0.2, 0.25) is 5.88 Å². The third-order valence-corrected chi connectivity index (χ3v) is 10.5. The molecule has 0 saturated carbocycles. The fourth-order valence-corrected chi connectivity index (χ4v) is 7.98. The second kappa shape index (κ2) is 11.6. The van der Waals surface area contributed by atoms with Gasteiger partial charge in [-0.25, -0.2) is 4.98 Å². The molecule has 9 heteroatoms. The van der Waals surface area contributed by atoms with E-state index in [0.717, 1.165) is 116 Å². The first-order valence-electron chi connectivity index (χ1n) is 15.9. The van der Waals surface area contributed by atoms with Crippen molar-refractivity contribution in [3.8, 4) is 45.3 Å². The molecule has 46 heavy (non-hydrogen) atoms. The fraction of sp³-hybridized carbons (Fsp3) is 0.405. The number of rotatable bonds is 9. The lowest BCUT2D eigenvalue weighted by atomic mass is 9.78. The summed E-state index contributed by atoms with van der Waals surface area (Å²) >= 11 is 7.17. The summed E-state index contributed by atoms with van der Waals surface area (Å²) in [4.78, 5) is 14.6. The molecule has 8 rings (SSSR count). The predicted octanol–water partition coefficient (Wildman–Crippen LogP) is 6.12. The van der Waals surface area contributed by atoms with Gasteiger partial charge in [0.25, 0.3) is 0 Å². The molecule has 8 nitrogen and oxygen atoms in total. The zero-order valence-corrected chi connectivity index (χ0v) is 27.4. The highest BCUT2D eigenvalue weighted by molar-refractivity contribution is 6.36. The lowest BCUT2D eigenvalue weighted by Crippen LogP contribution is -2.65. The van der Waals surface area contributed by atoms with Gasteiger partial charge < -0.3 is 18.9 Å². The normalized spacial score (nSPS) is 19.7. The SMILES string of the molecule is COc1cc(-c2nccc(-c3cccc(-c4ccc(CN5CC6(COC6)C5)c(OC)n4)c3Cl)c2C)ccc1CN1CC2(COC2)C1. The Hall–Kier alpha value is -3.53. The zero-order chi connectivity index (χ0) is 31.5. The van der Waals surface area contributed by atoms with E-state index in [0.29, 0.717) is 21.7 Å². The Labute approximate surface area is 275 Å². The minimum atomic E-state index is 0.374. The lowest BCUT2D eigenvalue weighted by Gasteiger charge is -2.55. The van der Waals surface area contributed by atoms with Gasteiger partial charge in [0.05, 0.1) is 57.1 Å². The van der Waals surface area contributed by atoms with Gasteiger partial charge in [-0.1, -0.05) is 48.0 Å². The maximum Gasteiger partial charge on any atom is 0.218 e. The average molecular weight is 639 g/mol. The summed E-state index contributed by atoms with van der Waals surface area (Å²) in [5.74, 6) is 1.51. The Morgan fingerprint density at radius 3 is 2.07 bits per heavy atom. The van der Waals surface area contributed by atoms with E-state index in [4.69, 9.17) is 40.5 Å². The number of nitrogens with zero attached hydrogens (tertiary/aromatic N) is 4. The van der Waals surface area contributed by atoms with Gasteiger partial charge in [-0.2, -0.15) is 0 Å². The molecule has 0 N–H and O–H groups in total. The van der Waals surface area contributed by atoms with Gasteiger partial charge >= 0.3 is 0 Å². The molecule has 0 bridgehead atoms. The Morgan fingerprint density at radius 2 is 1.43 bits per heavy atom. The number of hydrogen-bond donors (Lipinski definition) is 0. The molecule has 4 fully saturated rings. The molecule has 0 unspecified atom stereocenters. The van der Waals surface area contributed by atoms with E-state index in [1.54, 1.807) is 14.2 Å². The van der Waals surface area contributed by atoms with E-state index in [-0.39, 0.29) is 0 Å². The summed E-state index contributed by atoms with van der Waals surface area (Å²) in [6.07, 6.45) is 1.85. The molecule has 4 aliphatic rings. The summed E-state index contributed by atoms with van der Waals surface area (Å²) in [6, 6.07) is 18.7. The smallest absolute Gasteiger partial charge is 0.218 e. The number of benzene rings is 2. The zero-order valence-electron chi connectivity index (χ0n) is 26.6.